The van der Waals surface area contributed by atoms with E-state index in [1.165, 1.54) is 5.56 Å². The molecule has 0 fully saturated rings. The third-order valence-electron chi connectivity index (χ3n) is 1.77. The molecule has 2 aromatic carbocycles. The lowest BCUT2D eigenvalue weighted by Crippen LogP contribution is -1.62. The Kier molecular flexibility index (Phi) is 10.5. The molecule has 0 amide bonds. The molecule has 0 aliphatic carbocycles. The van der Waals surface area contributed by atoms with Crippen LogP contribution in [0.25, 0.3) is 0 Å². The molecule has 0 radical (unpaired) electrons. The fourth-order valence-corrected chi connectivity index (χ4v) is 0.919. The van der Waals surface area contributed by atoms with Gasteiger partial charge in [-0.05, 0) is 6.92 Å². The number of benzene rings is 2. The Balaban J connectivity index is 0.000000236. The van der Waals surface area contributed by atoms with Gasteiger partial charge in [0.25, 0.3) is 0 Å². The lowest BCUT2D eigenvalue weighted by atomic mass is 10.2. The predicted molar refractivity (Wildman–Crippen MR) is 78.0 cm³/mol. The SMILES string of the molecule is C=CC=C.Cc1ccccc1.c1ccccc1. The summed E-state index contributed by atoms with van der Waals surface area (Å²) < 4.78 is 0. The quantitative estimate of drug-likeness (QED) is 0.595. The summed E-state index contributed by atoms with van der Waals surface area (Å²) in [5.41, 5.74) is 1.32. The molecule has 0 spiro atoms. The first-order valence-electron chi connectivity index (χ1n) is 5.56. The zero-order valence-electron chi connectivity index (χ0n) is 10.4. The van der Waals surface area contributed by atoms with Crippen molar-refractivity contribution in [3.05, 3.63) is 97.6 Å². The van der Waals surface area contributed by atoms with E-state index in [2.05, 4.69) is 32.2 Å². The van der Waals surface area contributed by atoms with E-state index in [0.717, 1.165) is 0 Å². The molecule has 0 N–H and O–H groups in total. The van der Waals surface area contributed by atoms with Gasteiger partial charge in [-0.3, -0.25) is 0 Å². The van der Waals surface area contributed by atoms with E-state index in [0.29, 0.717) is 0 Å². The molecule has 0 saturated carbocycles. The van der Waals surface area contributed by atoms with Crippen LogP contribution in [0.2, 0.25) is 0 Å². The second-order valence-electron chi connectivity index (χ2n) is 3.28. The van der Waals surface area contributed by atoms with Crippen molar-refractivity contribution in [2.75, 3.05) is 0 Å². The zero-order valence-corrected chi connectivity index (χ0v) is 10.4. The molecular formula is C17H20. The summed E-state index contributed by atoms with van der Waals surface area (Å²) in [6.45, 7) is 8.81. The highest BCUT2D eigenvalue weighted by atomic mass is 13.8. The van der Waals surface area contributed by atoms with Gasteiger partial charge in [-0.1, -0.05) is 97.6 Å². The topological polar surface area (TPSA) is 0 Å². The summed E-state index contributed by atoms with van der Waals surface area (Å²) in [5, 5.41) is 0. The molecule has 0 bridgehead atoms. The van der Waals surface area contributed by atoms with E-state index >= 15 is 0 Å². The molecule has 0 saturated heterocycles. The smallest absolute Gasteiger partial charge is 0.0398 e. The van der Waals surface area contributed by atoms with Crippen molar-refractivity contribution in [1.82, 2.24) is 0 Å². The maximum atomic E-state index is 3.36. The van der Waals surface area contributed by atoms with Crippen molar-refractivity contribution in [2.24, 2.45) is 0 Å². The van der Waals surface area contributed by atoms with Gasteiger partial charge in [-0.2, -0.15) is 0 Å². The molecule has 0 unspecified atom stereocenters. The van der Waals surface area contributed by atoms with Crippen LogP contribution in [0.5, 0.6) is 0 Å². The van der Waals surface area contributed by atoms with Crippen LogP contribution in [0.4, 0.5) is 0 Å². The van der Waals surface area contributed by atoms with Gasteiger partial charge in [0.05, 0.1) is 0 Å². The summed E-state index contributed by atoms with van der Waals surface area (Å²) in [4.78, 5) is 0. The fourth-order valence-electron chi connectivity index (χ4n) is 0.919. The van der Waals surface area contributed by atoms with Crippen LogP contribution >= 0.6 is 0 Å². The molecule has 88 valence electrons. The van der Waals surface area contributed by atoms with Crippen LogP contribution in [0, 0.1) is 6.92 Å². The molecular weight excluding hydrogens is 204 g/mol. The maximum Gasteiger partial charge on any atom is -0.0398 e. The standard InChI is InChI=1S/C7H8.C6H6.C4H6/c1-7-5-3-2-4-6-7;1-2-4-6-5-3-1;1-3-4-2/h2-6H,1H3;1-6H;3-4H,1-2H2. The van der Waals surface area contributed by atoms with Crippen LogP contribution in [-0.2, 0) is 0 Å². The largest absolute Gasteiger partial charge is 0.0991 e. The second-order valence-corrected chi connectivity index (χ2v) is 3.28. The fraction of sp³-hybridized carbons (Fsp3) is 0.0588. The van der Waals surface area contributed by atoms with Crippen LogP contribution in [0.3, 0.4) is 0 Å². The Hall–Kier alpha value is -2.08. The van der Waals surface area contributed by atoms with Gasteiger partial charge >= 0.3 is 0 Å². The zero-order chi connectivity index (χ0) is 12.8. The number of aryl methyl sites for hydroxylation is 1. The van der Waals surface area contributed by atoms with E-state index in [1.807, 2.05) is 54.6 Å². The van der Waals surface area contributed by atoms with E-state index in [4.69, 9.17) is 0 Å². The Morgan fingerprint density at radius 2 is 0.941 bits per heavy atom. The minimum absolute atomic E-state index is 1.32. The number of allylic oxidation sites excluding steroid dienone is 2. The van der Waals surface area contributed by atoms with Gasteiger partial charge < -0.3 is 0 Å². The minimum atomic E-state index is 1.32. The van der Waals surface area contributed by atoms with Crippen LogP contribution in [0.1, 0.15) is 5.56 Å². The summed E-state index contributed by atoms with van der Waals surface area (Å²) >= 11 is 0. The molecule has 0 atom stereocenters. The Bertz CT molecular complexity index is 341. The first-order chi connectivity index (χ1) is 8.31. The van der Waals surface area contributed by atoms with Crippen molar-refractivity contribution in [2.45, 2.75) is 6.92 Å². The molecule has 2 aromatic rings. The highest BCUT2D eigenvalue weighted by Crippen LogP contribution is 1.92. The van der Waals surface area contributed by atoms with Gasteiger partial charge in [-0.25, -0.2) is 0 Å². The van der Waals surface area contributed by atoms with Crippen molar-refractivity contribution in [1.29, 1.82) is 0 Å². The summed E-state index contributed by atoms with van der Waals surface area (Å²) in [6, 6.07) is 22.3. The number of hydrogen-bond acceptors (Lipinski definition) is 0. The van der Waals surface area contributed by atoms with Gasteiger partial charge in [0.1, 0.15) is 0 Å². The molecule has 0 heteroatoms. The third kappa shape index (κ3) is 11.8. The summed E-state index contributed by atoms with van der Waals surface area (Å²) in [5.74, 6) is 0. The van der Waals surface area contributed by atoms with Crippen molar-refractivity contribution in [3.8, 4) is 0 Å². The first kappa shape index (κ1) is 14.9. The van der Waals surface area contributed by atoms with E-state index in [-0.39, 0.29) is 0 Å². The molecule has 17 heavy (non-hydrogen) atoms. The normalized spacial score (nSPS) is 7.59. The molecule has 0 aromatic heterocycles. The van der Waals surface area contributed by atoms with Crippen LogP contribution < -0.4 is 0 Å². The van der Waals surface area contributed by atoms with Crippen LogP contribution in [0.15, 0.2) is 92.0 Å². The third-order valence-corrected chi connectivity index (χ3v) is 1.77. The van der Waals surface area contributed by atoms with Gasteiger partial charge in [0.2, 0.25) is 0 Å². The monoisotopic (exact) mass is 224 g/mol. The Morgan fingerprint density at radius 3 is 1.12 bits per heavy atom. The molecule has 0 heterocycles. The highest BCUT2D eigenvalue weighted by Gasteiger charge is 1.72. The Morgan fingerprint density at radius 1 is 0.647 bits per heavy atom. The lowest BCUT2D eigenvalue weighted by molar-refractivity contribution is 1.48. The van der Waals surface area contributed by atoms with Crippen molar-refractivity contribution in [3.63, 3.8) is 0 Å². The van der Waals surface area contributed by atoms with Crippen molar-refractivity contribution < 1.29 is 0 Å². The molecule has 2 rings (SSSR count). The average molecular weight is 224 g/mol. The molecule has 0 aliphatic heterocycles. The second kappa shape index (κ2) is 12.0. The van der Waals surface area contributed by atoms with Gasteiger partial charge in [-0.15, -0.1) is 0 Å². The van der Waals surface area contributed by atoms with E-state index in [9.17, 15) is 0 Å². The minimum Gasteiger partial charge on any atom is -0.0991 e. The molecule has 0 aliphatic rings. The predicted octanol–water partition coefficient (Wildman–Crippen LogP) is 5.04. The average Bonchev–Trinajstić information content (AvgIpc) is 2.43. The molecule has 0 nitrogen and oxygen atoms in total. The summed E-state index contributed by atoms with van der Waals surface area (Å²) in [6.07, 6.45) is 3.28. The number of rotatable bonds is 1. The van der Waals surface area contributed by atoms with Crippen LogP contribution in [-0.4, -0.2) is 0 Å². The first-order valence-corrected chi connectivity index (χ1v) is 5.56. The van der Waals surface area contributed by atoms with E-state index in [1.54, 1.807) is 12.2 Å². The van der Waals surface area contributed by atoms with E-state index < -0.39 is 0 Å². The van der Waals surface area contributed by atoms with Gasteiger partial charge in [0, 0.05) is 0 Å². The maximum absolute atomic E-state index is 3.36. The lowest BCUT2D eigenvalue weighted by Gasteiger charge is -1.82. The summed E-state index contributed by atoms with van der Waals surface area (Å²) in [7, 11) is 0. The van der Waals surface area contributed by atoms with Crippen molar-refractivity contribution >= 4 is 0 Å². The van der Waals surface area contributed by atoms with Gasteiger partial charge in [0.15, 0.2) is 0 Å². The number of hydrogen-bond donors (Lipinski definition) is 0. The highest BCUT2D eigenvalue weighted by molar-refractivity contribution is 5.11. The Labute approximate surface area is 105 Å².